The van der Waals surface area contributed by atoms with Crippen LogP contribution < -0.4 is 0 Å². The van der Waals surface area contributed by atoms with Crippen LogP contribution in [-0.2, 0) is 4.79 Å². The van der Waals surface area contributed by atoms with Gasteiger partial charge in [-0.15, -0.1) is 11.8 Å². The molecule has 1 fully saturated rings. The number of carbonyl (C=O) groups excluding carboxylic acids is 1. The number of carbonyl (C=O) groups is 2. The first-order valence-electron chi connectivity index (χ1n) is 5.94. The molecule has 1 aliphatic rings. The molecule has 21 heavy (non-hydrogen) atoms. The van der Waals surface area contributed by atoms with Crippen LogP contribution in [0.5, 0.6) is 0 Å². The van der Waals surface area contributed by atoms with Crippen molar-refractivity contribution in [3.8, 4) is 0 Å². The van der Waals surface area contributed by atoms with Crippen LogP contribution in [0.4, 0.5) is 5.69 Å². The highest BCUT2D eigenvalue weighted by Crippen LogP contribution is 2.34. The predicted molar refractivity (Wildman–Crippen MR) is 77.6 cm³/mol. The number of hydrogen-bond acceptors (Lipinski definition) is 5. The summed E-state index contributed by atoms with van der Waals surface area (Å²) >= 11 is 7.24. The summed E-state index contributed by atoms with van der Waals surface area (Å²) < 4.78 is 0. The van der Waals surface area contributed by atoms with E-state index in [4.69, 9.17) is 16.7 Å². The van der Waals surface area contributed by atoms with Gasteiger partial charge < -0.3 is 10.0 Å². The molecule has 2 atom stereocenters. The van der Waals surface area contributed by atoms with E-state index < -0.39 is 22.8 Å². The van der Waals surface area contributed by atoms with Gasteiger partial charge in [0.15, 0.2) is 0 Å². The van der Waals surface area contributed by atoms with Gasteiger partial charge in [-0.1, -0.05) is 17.7 Å². The standard InChI is InChI=1S/C12H11ClN2O5S/c1-6-14(9(5-21-6)12(17)18)11(16)7-3-2-4-8(10(7)13)15(19)20/h2-4,6,9H,5H2,1H3,(H,17,18). The highest BCUT2D eigenvalue weighted by atomic mass is 35.5. The minimum Gasteiger partial charge on any atom is -0.480 e. The Morgan fingerprint density at radius 1 is 1.52 bits per heavy atom. The maximum atomic E-state index is 12.5. The molecule has 0 spiro atoms. The van der Waals surface area contributed by atoms with Crippen molar-refractivity contribution in [1.82, 2.24) is 4.90 Å². The highest BCUT2D eigenvalue weighted by molar-refractivity contribution is 8.00. The van der Waals surface area contributed by atoms with Crippen LogP contribution in [0.15, 0.2) is 18.2 Å². The zero-order valence-corrected chi connectivity index (χ0v) is 12.4. The van der Waals surface area contributed by atoms with Crippen LogP contribution in [0.3, 0.4) is 0 Å². The minimum absolute atomic E-state index is 0.0635. The van der Waals surface area contributed by atoms with Crippen LogP contribution in [0.2, 0.25) is 5.02 Å². The Balaban J connectivity index is 2.42. The molecule has 0 radical (unpaired) electrons. The van der Waals surface area contributed by atoms with Crippen molar-refractivity contribution in [2.45, 2.75) is 18.3 Å². The fraction of sp³-hybridized carbons (Fsp3) is 0.333. The first-order valence-corrected chi connectivity index (χ1v) is 7.37. The van der Waals surface area contributed by atoms with E-state index in [2.05, 4.69) is 0 Å². The van der Waals surface area contributed by atoms with Crippen LogP contribution in [0.25, 0.3) is 0 Å². The number of nitro groups is 1. The topological polar surface area (TPSA) is 101 Å². The third-order valence-corrected chi connectivity index (χ3v) is 4.76. The minimum atomic E-state index is -1.11. The number of amides is 1. The maximum absolute atomic E-state index is 12.5. The van der Waals surface area contributed by atoms with Gasteiger partial charge >= 0.3 is 5.97 Å². The number of hydrogen-bond donors (Lipinski definition) is 1. The predicted octanol–water partition coefficient (Wildman–Crippen LogP) is 2.24. The third-order valence-electron chi connectivity index (χ3n) is 3.15. The number of nitrogens with zero attached hydrogens (tertiary/aromatic N) is 2. The van der Waals surface area contributed by atoms with E-state index in [-0.39, 0.29) is 27.4 Å². The molecule has 0 aliphatic carbocycles. The molecule has 2 rings (SSSR count). The van der Waals surface area contributed by atoms with E-state index in [1.807, 2.05) is 0 Å². The van der Waals surface area contributed by atoms with Crippen LogP contribution in [0.1, 0.15) is 17.3 Å². The lowest BCUT2D eigenvalue weighted by atomic mass is 10.1. The number of carboxylic acid groups (broad SMARTS) is 1. The zero-order chi connectivity index (χ0) is 15.7. The Morgan fingerprint density at radius 3 is 2.76 bits per heavy atom. The highest BCUT2D eigenvalue weighted by Gasteiger charge is 2.40. The maximum Gasteiger partial charge on any atom is 0.327 e. The van der Waals surface area contributed by atoms with Crippen LogP contribution in [0, 0.1) is 10.1 Å². The molecule has 9 heteroatoms. The average molecular weight is 331 g/mol. The molecular weight excluding hydrogens is 320 g/mol. The van der Waals surface area contributed by atoms with Gasteiger partial charge in [0.2, 0.25) is 0 Å². The summed E-state index contributed by atoms with van der Waals surface area (Å²) in [4.78, 5) is 35.1. The summed E-state index contributed by atoms with van der Waals surface area (Å²) in [6.45, 7) is 1.71. The molecule has 1 amide bonds. The number of aliphatic carboxylic acids is 1. The summed E-state index contributed by atoms with van der Waals surface area (Å²) in [7, 11) is 0. The summed E-state index contributed by atoms with van der Waals surface area (Å²) in [6.07, 6.45) is 0. The lowest BCUT2D eigenvalue weighted by molar-refractivity contribution is -0.384. The van der Waals surface area contributed by atoms with Gasteiger partial charge in [-0.3, -0.25) is 14.9 Å². The number of benzene rings is 1. The first kappa shape index (κ1) is 15.6. The second-order valence-corrected chi connectivity index (χ2v) is 6.12. The number of rotatable bonds is 3. The average Bonchev–Trinajstić information content (AvgIpc) is 2.80. The summed E-state index contributed by atoms with van der Waals surface area (Å²) in [5.41, 5.74) is -0.444. The van der Waals surface area contributed by atoms with Gasteiger partial charge in [0.25, 0.3) is 11.6 Å². The Morgan fingerprint density at radius 2 is 2.19 bits per heavy atom. The van der Waals surface area contributed by atoms with Crippen molar-refractivity contribution in [3.05, 3.63) is 38.9 Å². The van der Waals surface area contributed by atoms with Crippen molar-refractivity contribution in [2.75, 3.05) is 5.75 Å². The zero-order valence-electron chi connectivity index (χ0n) is 10.9. The van der Waals surface area contributed by atoms with Crippen molar-refractivity contribution < 1.29 is 19.6 Å². The van der Waals surface area contributed by atoms with Gasteiger partial charge in [0.05, 0.1) is 15.9 Å². The smallest absolute Gasteiger partial charge is 0.327 e. The molecule has 1 aromatic rings. The monoisotopic (exact) mass is 330 g/mol. The third kappa shape index (κ3) is 2.81. The molecule has 1 heterocycles. The van der Waals surface area contributed by atoms with E-state index in [1.165, 1.54) is 34.9 Å². The molecule has 7 nitrogen and oxygen atoms in total. The Bertz CT molecular complexity index is 624. The quantitative estimate of drug-likeness (QED) is 0.673. The lowest BCUT2D eigenvalue weighted by Crippen LogP contribution is -2.44. The Hall–Kier alpha value is -1.80. The van der Waals surface area contributed by atoms with Gasteiger partial charge in [0.1, 0.15) is 11.1 Å². The van der Waals surface area contributed by atoms with Crippen molar-refractivity contribution in [3.63, 3.8) is 0 Å². The SMILES string of the molecule is CC1SCC(C(=O)O)N1C(=O)c1cccc([N+](=O)[O-])c1Cl. The van der Waals surface area contributed by atoms with Gasteiger partial charge in [-0.05, 0) is 13.0 Å². The van der Waals surface area contributed by atoms with Gasteiger partial charge in [-0.25, -0.2) is 4.79 Å². The molecular formula is C12H11ClN2O5S. The van der Waals surface area contributed by atoms with Crippen molar-refractivity contribution >= 4 is 40.9 Å². The first-order chi connectivity index (χ1) is 9.84. The van der Waals surface area contributed by atoms with Crippen molar-refractivity contribution in [2.24, 2.45) is 0 Å². The Labute approximate surface area is 129 Å². The Kier molecular flexibility index (Phi) is 4.38. The number of carboxylic acids is 1. The molecule has 0 aromatic heterocycles. The molecule has 112 valence electrons. The van der Waals surface area contributed by atoms with E-state index in [0.29, 0.717) is 0 Å². The van der Waals surface area contributed by atoms with Gasteiger partial charge in [-0.2, -0.15) is 0 Å². The normalized spacial score (nSPS) is 21.3. The molecule has 1 saturated heterocycles. The van der Waals surface area contributed by atoms with Crippen LogP contribution in [-0.4, -0.2) is 44.0 Å². The number of halogens is 1. The number of nitro benzene ring substituents is 1. The molecule has 1 N–H and O–H groups in total. The molecule has 0 bridgehead atoms. The molecule has 2 unspecified atom stereocenters. The van der Waals surface area contributed by atoms with E-state index in [9.17, 15) is 19.7 Å². The second kappa shape index (κ2) is 5.90. The molecule has 0 saturated carbocycles. The fourth-order valence-corrected chi connectivity index (χ4v) is 3.55. The molecule has 1 aliphatic heterocycles. The lowest BCUT2D eigenvalue weighted by Gasteiger charge is -2.25. The van der Waals surface area contributed by atoms with E-state index in [1.54, 1.807) is 6.92 Å². The fourth-order valence-electron chi connectivity index (χ4n) is 2.11. The summed E-state index contributed by atoms with van der Waals surface area (Å²) in [5.74, 6) is -1.45. The molecule has 1 aromatic carbocycles. The van der Waals surface area contributed by atoms with Crippen molar-refractivity contribution in [1.29, 1.82) is 0 Å². The second-order valence-electron chi connectivity index (χ2n) is 4.39. The van der Waals surface area contributed by atoms with Gasteiger partial charge in [0, 0.05) is 11.8 Å². The summed E-state index contributed by atoms with van der Waals surface area (Å²) in [6, 6.07) is 2.93. The largest absolute Gasteiger partial charge is 0.480 e. The summed E-state index contributed by atoms with van der Waals surface area (Å²) in [5, 5.41) is 19.4. The van der Waals surface area contributed by atoms with Crippen LogP contribution >= 0.6 is 23.4 Å². The van der Waals surface area contributed by atoms with E-state index in [0.717, 1.165) is 0 Å². The van der Waals surface area contributed by atoms with E-state index >= 15 is 0 Å². The number of thioether (sulfide) groups is 1.